The fourth-order valence-corrected chi connectivity index (χ4v) is 2.36. The van der Waals surface area contributed by atoms with Crippen LogP contribution in [0.5, 0.6) is 0 Å². The Labute approximate surface area is 104 Å². The topological polar surface area (TPSA) is 69.4 Å². The number of ether oxygens (including phenoxy) is 1. The predicted octanol–water partition coefficient (Wildman–Crippen LogP) is 1.11. The molecule has 3 rings (SSSR count). The van der Waals surface area contributed by atoms with Gasteiger partial charge in [0.05, 0.1) is 6.61 Å². The van der Waals surface area contributed by atoms with Gasteiger partial charge in [0, 0.05) is 6.20 Å². The van der Waals surface area contributed by atoms with Gasteiger partial charge in [-0.1, -0.05) is 6.42 Å². The highest BCUT2D eigenvalue weighted by molar-refractivity contribution is 5.83. The van der Waals surface area contributed by atoms with Gasteiger partial charge in [0.1, 0.15) is 5.41 Å². The van der Waals surface area contributed by atoms with Crippen molar-refractivity contribution < 1.29 is 9.53 Å². The number of fused-ring (bicyclic) bond motifs is 1. The van der Waals surface area contributed by atoms with Gasteiger partial charge in [-0.05, 0) is 31.9 Å². The molecule has 18 heavy (non-hydrogen) atoms. The molecular weight excluding hydrogens is 232 g/mol. The number of nitrogens with zero attached hydrogens (tertiary/aromatic N) is 4. The molecule has 1 aliphatic rings. The van der Waals surface area contributed by atoms with E-state index in [1.165, 1.54) is 0 Å². The van der Waals surface area contributed by atoms with Gasteiger partial charge in [0.25, 0.3) is 0 Å². The Morgan fingerprint density at radius 1 is 1.50 bits per heavy atom. The van der Waals surface area contributed by atoms with E-state index in [-0.39, 0.29) is 5.97 Å². The average molecular weight is 246 g/mol. The average Bonchev–Trinajstić information content (AvgIpc) is 2.73. The van der Waals surface area contributed by atoms with Crippen LogP contribution in [0.25, 0.3) is 5.65 Å². The van der Waals surface area contributed by atoms with E-state index in [0.29, 0.717) is 18.1 Å². The van der Waals surface area contributed by atoms with Crippen molar-refractivity contribution >= 4 is 11.6 Å². The lowest BCUT2D eigenvalue weighted by Crippen LogP contribution is -2.45. The molecule has 0 aliphatic heterocycles. The van der Waals surface area contributed by atoms with E-state index in [9.17, 15) is 4.79 Å². The molecule has 1 saturated carbocycles. The molecular formula is C12H14N4O2. The van der Waals surface area contributed by atoms with Crippen molar-refractivity contribution in [3.63, 3.8) is 0 Å². The molecule has 0 bridgehead atoms. The van der Waals surface area contributed by atoms with Crippen molar-refractivity contribution in [1.29, 1.82) is 0 Å². The molecule has 0 saturated heterocycles. The first-order chi connectivity index (χ1) is 8.78. The largest absolute Gasteiger partial charge is 0.465 e. The number of hydrogen-bond acceptors (Lipinski definition) is 5. The number of aromatic nitrogens is 4. The Bertz CT molecular complexity index is 589. The lowest BCUT2D eigenvalue weighted by molar-refractivity contribution is -0.154. The van der Waals surface area contributed by atoms with Crippen LogP contribution in [0.1, 0.15) is 32.0 Å². The highest BCUT2D eigenvalue weighted by Gasteiger charge is 2.51. The zero-order chi connectivity index (χ0) is 12.6. The molecule has 94 valence electrons. The highest BCUT2D eigenvalue weighted by atomic mass is 16.5. The molecule has 0 radical (unpaired) electrons. The van der Waals surface area contributed by atoms with Gasteiger partial charge in [0.15, 0.2) is 11.5 Å². The summed E-state index contributed by atoms with van der Waals surface area (Å²) in [5, 5.41) is 12.4. The van der Waals surface area contributed by atoms with Crippen molar-refractivity contribution in [2.24, 2.45) is 0 Å². The van der Waals surface area contributed by atoms with Crippen molar-refractivity contribution in [3.05, 3.63) is 24.2 Å². The molecule has 0 spiro atoms. The van der Waals surface area contributed by atoms with Crippen molar-refractivity contribution in [2.75, 3.05) is 6.61 Å². The predicted molar refractivity (Wildman–Crippen MR) is 62.9 cm³/mol. The molecule has 2 heterocycles. The van der Waals surface area contributed by atoms with E-state index in [1.807, 2.05) is 13.0 Å². The van der Waals surface area contributed by atoms with Crippen molar-refractivity contribution in [3.8, 4) is 0 Å². The van der Waals surface area contributed by atoms with E-state index in [4.69, 9.17) is 4.74 Å². The third-order valence-corrected chi connectivity index (χ3v) is 3.48. The molecule has 0 aromatic carbocycles. The Hall–Kier alpha value is -1.98. The Kier molecular flexibility index (Phi) is 2.50. The maximum Gasteiger partial charge on any atom is 0.319 e. The summed E-state index contributed by atoms with van der Waals surface area (Å²) in [4.78, 5) is 12.2. The monoisotopic (exact) mass is 246 g/mol. The summed E-state index contributed by atoms with van der Waals surface area (Å²) in [6.45, 7) is 2.19. The normalized spacial score (nSPS) is 17.4. The molecule has 0 unspecified atom stereocenters. The second-order valence-corrected chi connectivity index (χ2v) is 4.47. The van der Waals surface area contributed by atoms with Crippen LogP contribution in [0.15, 0.2) is 18.3 Å². The molecule has 1 fully saturated rings. The van der Waals surface area contributed by atoms with Crippen molar-refractivity contribution in [1.82, 2.24) is 19.8 Å². The molecule has 0 atom stereocenters. The van der Waals surface area contributed by atoms with Crippen LogP contribution in [0, 0.1) is 0 Å². The molecule has 6 nitrogen and oxygen atoms in total. The van der Waals surface area contributed by atoms with Crippen LogP contribution in [0.4, 0.5) is 0 Å². The minimum absolute atomic E-state index is 0.212. The fraction of sp³-hybridized carbons (Fsp3) is 0.500. The number of hydrogen-bond donors (Lipinski definition) is 0. The second kappa shape index (κ2) is 4.04. The van der Waals surface area contributed by atoms with E-state index < -0.39 is 5.41 Å². The maximum atomic E-state index is 12.2. The van der Waals surface area contributed by atoms with Crippen LogP contribution in [0.3, 0.4) is 0 Å². The number of carbonyl (C=O) groups excluding carboxylic acids is 1. The number of carbonyl (C=O) groups is 1. The maximum absolute atomic E-state index is 12.2. The SMILES string of the molecule is CCOC(=O)C1(c2nnc3cccnn23)CCC1. The van der Waals surface area contributed by atoms with Crippen LogP contribution in [0.2, 0.25) is 0 Å². The summed E-state index contributed by atoms with van der Waals surface area (Å²) in [7, 11) is 0. The van der Waals surface area contributed by atoms with Crippen LogP contribution >= 0.6 is 0 Å². The first kappa shape index (κ1) is 11.1. The van der Waals surface area contributed by atoms with Crippen LogP contribution in [-0.4, -0.2) is 32.4 Å². The first-order valence-corrected chi connectivity index (χ1v) is 6.12. The van der Waals surface area contributed by atoms with Gasteiger partial charge >= 0.3 is 5.97 Å². The third kappa shape index (κ3) is 1.41. The Morgan fingerprint density at radius 3 is 3.00 bits per heavy atom. The van der Waals surface area contributed by atoms with E-state index in [1.54, 1.807) is 16.8 Å². The van der Waals surface area contributed by atoms with E-state index in [2.05, 4.69) is 15.3 Å². The van der Waals surface area contributed by atoms with Gasteiger partial charge in [-0.15, -0.1) is 10.2 Å². The lowest BCUT2D eigenvalue weighted by Gasteiger charge is -2.36. The van der Waals surface area contributed by atoms with Crippen molar-refractivity contribution in [2.45, 2.75) is 31.6 Å². The quantitative estimate of drug-likeness (QED) is 0.759. The Balaban J connectivity index is 2.09. The second-order valence-electron chi connectivity index (χ2n) is 4.47. The summed E-state index contributed by atoms with van der Waals surface area (Å²) >= 11 is 0. The summed E-state index contributed by atoms with van der Waals surface area (Å²) in [6.07, 6.45) is 4.17. The third-order valence-electron chi connectivity index (χ3n) is 3.48. The minimum atomic E-state index is -0.649. The zero-order valence-corrected chi connectivity index (χ0v) is 10.2. The van der Waals surface area contributed by atoms with Crippen LogP contribution in [-0.2, 0) is 14.9 Å². The summed E-state index contributed by atoms with van der Waals surface area (Å²) in [5.41, 5.74) is 0.00660. The standard InChI is InChI=1S/C12H14N4O2/c1-2-18-11(17)12(6-4-7-12)10-15-14-9-5-3-8-13-16(9)10/h3,5,8H,2,4,6-7H2,1H3. The number of rotatable bonds is 3. The molecule has 2 aromatic rings. The smallest absolute Gasteiger partial charge is 0.319 e. The van der Waals surface area contributed by atoms with E-state index >= 15 is 0 Å². The van der Waals surface area contributed by atoms with Gasteiger partial charge in [0.2, 0.25) is 0 Å². The van der Waals surface area contributed by atoms with Crippen LogP contribution < -0.4 is 0 Å². The minimum Gasteiger partial charge on any atom is -0.465 e. The van der Waals surface area contributed by atoms with Gasteiger partial charge < -0.3 is 4.74 Å². The molecule has 2 aromatic heterocycles. The first-order valence-electron chi connectivity index (χ1n) is 6.12. The molecule has 0 amide bonds. The molecule has 6 heteroatoms. The van der Waals surface area contributed by atoms with E-state index in [0.717, 1.165) is 19.3 Å². The highest BCUT2D eigenvalue weighted by Crippen LogP contribution is 2.43. The summed E-state index contributed by atoms with van der Waals surface area (Å²) < 4.78 is 6.81. The van der Waals surface area contributed by atoms with Gasteiger partial charge in [-0.3, -0.25) is 4.79 Å². The zero-order valence-electron chi connectivity index (χ0n) is 10.2. The molecule has 0 N–H and O–H groups in total. The van der Waals surface area contributed by atoms with Gasteiger partial charge in [-0.25, -0.2) is 0 Å². The number of esters is 1. The van der Waals surface area contributed by atoms with Gasteiger partial charge in [-0.2, -0.15) is 9.61 Å². The Morgan fingerprint density at radius 2 is 2.33 bits per heavy atom. The molecule has 1 aliphatic carbocycles. The lowest BCUT2D eigenvalue weighted by atomic mass is 9.68. The summed E-state index contributed by atoms with van der Waals surface area (Å²) in [6, 6.07) is 3.62. The summed E-state index contributed by atoms with van der Waals surface area (Å²) in [5.74, 6) is 0.388. The fourth-order valence-electron chi connectivity index (χ4n) is 2.36.